The Bertz CT molecular complexity index is 675. The molecule has 1 saturated heterocycles. The Balaban J connectivity index is 2.20. The summed E-state index contributed by atoms with van der Waals surface area (Å²) in [5.74, 6) is 0. The normalized spacial score (nSPS) is 24.2. The van der Waals surface area contributed by atoms with E-state index in [4.69, 9.17) is 13.6 Å². The molecule has 3 atom stereocenters. The topological polar surface area (TPSA) is 40.6 Å². The molecule has 2 rings (SSSR count). The zero-order chi connectivity index (χ0) is 22.3. The lowest BCUT2D eigenvalue weighted by Crippen LogP contribution is -2.48. The van der Waals surface area contributed by atoms with Gasteiger partial charge in [-0.25, -0.2) is 0 Å². The molecule has 1 aromatic rings. The Morgan fingerprint density at radius 1 is 1.00 bits per heavy atom. The van der Waals surface area contributed by atoms with Crippen LogP contribution in [-0.4, -0.2) is 40.4 Å². The summed E-state index contributed by atoms with van der Waals surface area (Å²) < 4.78 is 19.9. The molecule has 0 spiro atoms. The second-order valence-corrected chi connectivity index (χ2v) is 21.2. The molecule has 1 aliphatic rings. The van der Waals surface area contributed by atoms with Crippen molar-refractivity contribution in [3.05, 3.63) is 29.6 Å². The van der Waals surface area contributed by atoms with E-state index in [1.165, 1.54) is 0 Å². The minimum absolute atomic E-state index is 0.0193. The average Bonchev–Trinajstić information content (AvgIpc) is 2.93. The number of rotatable bonds is 6. The highest BCUT2D eigenvalue weighted by Crippen LogP contribution is 2.43. The van der Waals surface area contributed by atoms with Crippen LogP contribution in [0.3, 0.4) is 0 Å². The zero-order valence-corrected chi connectivity index (χ0v) is 22.6. The van der Waals surface area contributed by atoms with Crippen LogP contribution in [0, 0.1) is 6.92 Å². The zero-order valence-electron chi connectivity index (χ0n) is 20.6. The van der Waals surface area contributed by atoms with E-state index in [-0.39, 0.29) is 28.4 Å². The van der Waals surface area contributed by atoms with Crippen molar-refractivity contribution in [3.63, 3.8) is 0 Å². The summed E-state index contributed by atoms with van der Waals surface area (Å²) in [4.78, 5) is 4.47. The summed E-state index contributed by atoms with van der Waals surface area (Å²) in [6.45, 7) is 25.5. The smallest absolute Gasteiger partial charge is 0.192 e. The fraction of sp³-hybridized carbons (Fsp3) is 0.783. The molecule has 1 aromatic heterocycles. The van der Waals surface area contributed by atoms with E-state index in [2.05, 4.69) is 84.8 Å². The molecular formula is C23H43NO3Si2. The van der Waals surface area contributed by atoms with E-state index in [1.54, 1.807) is 0 Å². The number of aryl methyl sites for hydroxylation is 1. The first-order chi connectivity index (χ1) is 13.0. The lowest BCUT2D eigenvalue weighted by molar-refractivity contribution is -0.0165. The van der Waals surface area contributed by atoms with Crippen LogP contribution in [0.1, 0.15) is 65.3 Å². The van der Waals surface area contributed by atoms with Gasteiger partial charge in [0.15, 0.2) is 16.6 Å². The fourth-order valence-corrected chi connectivity index (χ4v) is 5.31. The molecule has 166 valence electrons. The first kappa shape index (κ1) is 24.7. The van der Waals surface area contributed by atoms with E-state index in [0.29, 0.717) is 6.61 Å². The molecule has 0 unspecified atom stereocenters. The molecule has 0 bridgehead atoms. The molecule has 0 saturated carbocycles. The van der Waals surface area contributed by atoms with Gasteiger partial charge in [0.1, 0.15) is 6.10 Å². The van der Waals surface area contributed by atoms with Gasteiger partial charge in [-0.2, -0.15) is 0 Å². The standard InChI is InChI=1S/C23H43NO3Si2/c1-17-12-13-18(15-24-17)19-14-20(27-29(10,11)23(5,6)7)21(26-19)16-25-28(8,9)22(2,3)4/h12-13,15,19-21H,14,16H2,1-11H3/t19-,20+,21-/m1/s1. The third kappa shape index (κ3) is 6.00. The Kier molecular flexibility index (Phi) is 7.28. The summed E-state index contributed by atoms with van der Waals surface area (Å²) in [5, 5.41) is 0.350. The van der Waals surface area contributed by atoms with Crippen molar-refractivity contribution in [1.29, 1.82) is 0 Å². The molecule has 0 radical (unpaired) electrons. The number of nitrogens with zero attached hydrogens (tertiary/aromatic N) is 1. The number of hydrogen-bond acceptors (Lipinski definition) is 4. The molecular weight excluding hydrogens is 394 g/mol. The van der Waals surface area contributed by atoms with E-state index in [1.807, 2.05) is 13.1 Å². The van der Waals surface area contributed by atoms with E-state index in [0.717, 1.165) is 17.7 Å². The van der Waals surface area contributed by atoms with Gasteiger partial charge < -0.3 is 13.6 Å². The van der Waals surface area contributed by atoms with Crippen molar-refractivity contribution in [2.45, 2.75) is 109 Å². The molecule has 0 aliphatic carbocycles. The van der Waals surface area contributed by atoms with Gasteiger partial charge in [0, 0.05) is 18.3 Å². The van der Waals surface area contributed by atoms with Crippen LogP contribution >= 0.6 is 0 Å². The van der Waals surface area contributed by atoms with Crippen LogP contribution in [0.5, 0.6) is 0 Å². The second-order valence-electron chi connectivity index (χ2n) is 11.6. The van der Waals surface area contributed by atoms with Crippen LogP contribution in [0.15, 0.2) is 18.3 Å². The van der Waals surface area contributed by atoms with Gasteiger partial charge in [-0.15, -0.1) is 0 Å². The van der Waals surface area contributed by atoms with Gasteiger partial charge in [-0.1, -0.05) is 47.6 Å². The Morgan fingerprint density at radius 3 is 2.07 bits per heavy atom. The summed E-state index contributed by atoms with van der Waals surface area (Å²) in [6, 6.07) is 4.19. The Hall–Kier alpha value is -0.536. The molecule has 4 nitrogen and oxygen atoms in total. The van der Waals surface area contributed by atoms with Gasteiger partial charge in [-0.3, -0.25) is 4.98 Å². The lowest BCUT2D eigenvalue weighted by atomic mass is 10.1. The summed E-state index contributed by atoms with van der Waals surface area (Å²) in [7, 11) is -3.75. The predicted molar refractivity (Wildman–Crippen MR) is 126 cm³/mol. The van der Waals surface area contributed by atoms with Crippen LogP contribution in [0.4, 0.5) is 0 Å². The van der Waals surface area contributed by atoms with Gasteiger partial charge in [-0.05, 0) is 54.8 Å². The SMILES string of the molecule is Cc1ccc([C@H]2C[C@H](O[Si](C)(C)C(C)(C)C)[C@@H](CO[Si](C)(C)C(C)(C)C)O2)cn1. The van der Waals surface area contributed by atoms with Crippen LogP contribution in [0.25, 0.3) is 0 Å². The van der Waals surface area contributed by atoms with Gasteiger partial charge >= 0.3 is 0 Å². The van der Waals surface area contributed by atoms with Gasteiger partial charge in [0.05, 0.1) is 18.8 Å². The van der Waals surface area contributed by atoms with Crippen molar-refractivity contribution in [1.82, 2.24) is 4.98 Å². The van der Waals surface area contributed by atoms with E-state index < -0.39 is 16.6 Å². The molecule has 1 aliphatic heterocycles. The maximum Gasteiger partial charge on any atom is 0.192 e. The molecule has 1 fully saturated rings. The third-order valence-corrected chi connectivity index (χ3v) is 16.2. The van der Waals surface area contributed by atoms with Crippen molar-refractivity contribution in [2.24, 2.45) is 0 Å². The van der Waals surface area contributed by atoms with Gasteiger partial charge in [0.2, 0.25) is 0 Å². The summed E-state index contributed by atoms with van der Waals surface area (Å²) >= 11 is 0. The van der Waals surface area contributed by atoms with Gasteiger partial charge in [0.25, 0.3) is 0 Å². The lowest BCUT2D eigenvalue weighted by Gasteiger charge is -2.40. The van der Waals surface area contributed by atoms with Crippen LogP contribution < -0.4 is 0 Å². The summed E-state index contributed by atoms with van der Waals surface area (Å²) in [6.07, 6.45) is 2.85. The average molecular weight is 438 g/mol. The molecule has 2 heterocycles. The summed E-state index contributed by atoms with van der Waals surface area (Å²) in [5.41, 5.74) is 2.16. The minimum Gasteiger partial charge on any atom is -0.414 e. The van der Waals surface area contributed by atoms with Crippen molar-refractivity contribution < 1.29 is 13.6 Å². The highest BCUT2D eigenvalue weighted by Gasteiger charge is 2.46. The van der Waals surface area contributed by atoms with Crippen molar-refractivity contribution in [3.8, 4) is 0 Å². The highest BCUT2D eigenvalue weighted by atomic mass is 28.4. The molecule has 29 heavy (non-hydrogen) atoms. The number of hydrogen-bond donors (Lipinski definition) is 0. The van der Waals surface area contributed by atoms with Crippen molar-refractivity contribution >= 4 is 16.6 Å². The third-order valence-electron chi connectivity index (χ3n) is 7.17. The number of ether oxygens (including phenoxy) is 1. The molecule has 0 aromatic carbocycles. The minimum atomic E-state index is -1.90. The number of pyridine rings is 1. The maximum atomic E-state index is 6.83. The maximum absolute atomic E-state index is 6.83. The Morgan fingerprint density at radius 2 is 1.59 bits per heavy atom. The number of aromatic nitrogens is 1. The van der Waals surface area contributed by atoms with Crippen LogP contribution in [0.2, 0.25) is 36.3 Å². The van der Waals surface area contributed by atoms with E-state index >= 15 is 0 Å². The second kappa shape index (κ2) is 8.54. The Labute approximate surface area is 181 Å². The van der Waals surface area contributed by atoms with E-state index in [9.17, 15) is 0 Å². The molecule has 0 amide bonds. The van der Waals surface area contributed by atoms with Crippen LogP contribution in [-0.2, 0) is 13.6 Å². The quantitative estimate of drug-likeness (QED) is 0.468. The molecule has 6 heteroatoms. The van der Waals surface area contributed by atoms with Crippen molar-refractivity contribution in [2.75, 3.05) is 6.61 Å². The first-order valence-electron chi connectivity index (χ1n) is 10.9. The first-order valence-corrected chi connectivity index (χ1v) is 16.7. The molecule has 0 N–H and O–H groups in total. The predicted octanol–water partition coefficient (Wildman–Crippen LogP) is 6.63. The largest absolute Gasteiger partial charge is 0.414 e. The monoisotopic (exact) mass is 437 g/mol. The highest BCUT2D eigenvalue weighted by molar-refractivity contribution is 6.74. The fourth-order valence-electron chi connectivity index (χ4n) is 2.93.